The summed E-state index contributed by atoms with van der Waals surface area (Å²) in [5.41, 5.74) is 6.42. The molecule has 1 amide bonds. The Labute approximate surface area is 120 Å². The molecule has 0 saturated heterocycles. The average molecular weight is 276 g/mol. The number of nitrogens with two attached hydrogens (primary N) is 1. The Morgan fingerprint density at radius 1 is 1.35 bits per heavy atom. The van der Waals surface area contributed by atoms with Gasteiger partial charge in [-0.2, -0.15) is 0 Å². The molecule has 5 heteroatoms. The first-order valence-electron chi connectivity index (χ1n) is 7.46. The first-order chi connectivity index (χ1) is 9.58. The van der Waals surface area contributed by atoms with Gasteiger partial charge in [0.25, 0.3) is 0 Å². The molecular formula is C15H24N4O. The molecule has 1 fully saturated rings. The summed E-state index contributed by atoms with van der Waals surface area (Å²) in [6, 6.07) is 2.02. The molecule has 0 bridgehead atoms. The van der Waals surface area contributed by atoms with E-state index >= 15 is 0 Å². The summed E-state index contributed by atoms with van der Waals surface area (Å²) in [7, 11) is 0. The van der Waals surface area contributed by atoms with E-state index in [2.05, 4.69) is 22.2 Å². The van der Waals surface area contributed by atoms with Crippen LogP contribution in [-0.2, 0) is 11.2 Å². The van der Waals surface area contributed by atoms with E-state index in [1.807, 2.05) is 13.0 Å². The fourth-order valence-electron chi connectivity index (χ4n) is 2.80. The van der Waals surface area contributed by atoms with E-state index in [4.69, 9.17) is 5.73 Å². The van der Waals surface area contributed by atoms with Gasteiger partial charge >= 0.3 is 0 Å². The second kappa shape index (κ2) is 6.68. The number of carbonyl (C=O) groups excluding carboxylic acids is 1. The van der Waals surface area contributed by atoms with Crippen LogP contribution in [0.15, 0.2) is 6.07 Å². The maximum absolute atomic E-state index is 11.1. The smallest absolute Gasteiger partial charge is 0.220 e. The lowest BCUT2D eigenvalue weighted by Crippen LogP contribution is -2.29. The highest BCUT2D eigenvalue weighted by Gasteiger charge is 2.24. The van der Waals surface area contributed by atoms with Gasteiger partial charge in [0.15, 0.2) is 0 Å². The molecule has 1 aliphatic carbocycles. The highest BCUT2D eigenvalue weighted by atomic mass is 16.1. The number of nitrogens with zero attached hydrogens (tertiary/aromatic N) is 2. The van der Waals surface area contributed by atoms with E-state index < -0.39 is 0 Å². The normalized spacial score (nSPS) is 22.5. The van der Waals surface area contributed by atoms with Crippen molar-refractivity contribution in [1.82, 2.24) is 9.97 Å². The second-order valence-electron chi connectivity index (χ2n) is 5.65. The zero-order valence-corrected chi connectivity index (χ0v) is 12.4. The molecule has 0 unspecified atom stereocenters. The molecule has 3 N–H and O–H groups in total. The van der Waals surface area contributed by atoms with Crippen LogP contribution in [0.5, 0.6) is 0 Å². The maximum atomic E-state index is 11.1. The van der Waals surface area contributed by atoms with Crippen molar-refractivity contribution < 1.29 is 4.79 Å². The third-order valence-electron chi connectivity index (χ3n) is 4.07. The number of carbonyl (C=O) groups is 1. The van der Waals surface area contributed by atoms with Crippen molar-refractivity contribution in [3.8, 4) is 0 Å². The molecule has 0 spiro atoms. The minimum atomic E-state index is -0.143. The first-order valence-corrected chi connectivity index (χ1v) is 7.46. The van der Waals surface area contributed by atoms with E-state index in [0.29, 0.717) is 5.92 Å². The van der Waals surface area contributed by atoms with Crippen molar-refractivity contribution in [2.75, 3.05) is 11.9 Å². The first kappa shape index (κ1) is 14.8. The summed E-state index contributed by atoms with van der Waals surface area (Å²) in [4.78, 5) is 19.9. The fourth-order valence-corrected chi connectivity index (χ4v) is 2.80. The van der Waals surface area contributed by atoms with Gasteiger partial charge in [0.2, 0.25) is 5.91 Å². The average Bonchev–Trinajstić information content (AvgIpc) is 2.45. The number of nitrogens with one attached hydrogen (secondary N) is 1. The number of hydrogen-bond acceptors (Lipinski definition) is 4. The molecule has 1 aromatic heterocycles. The quantitative estimate of drug-likeness (QED) is 0.862. The van der Waals surface area contributed by atoms with Crippen LogP contribution in [0, 0.1) is 18.8 Å². The number of amides is 1. The SMILES string of the molecule is CCc1cc(NCC2CCC(C(N)=O)CC2)nc(C)n1. The van der Waals surface area contributed by atoms with Crippen molar-refractivity contribution in [3.05, 3.63) is 17.6 Å². The Morgan fingerprint density at radius 2 is 2.05 bits per heavy atom. The number of hydrogen-bond donors (Lipinski definition) is 2. The standard InChI is InChI=1S/C15H24N4O/c1-3-13-8-14(19-10(2)18-13)17-9-11-4-6-12(7-5-11)15(16)20/h8,11-12H,3-7,9H2,1-2H3,(H2,16,20)(H,17,18,19). The van der Waals surface area contributed by atoms with E-state index in [0.717, 1.165) is 56.0 Å². The monoisotopic (exact) mass is 276 g/mol. The summed E-state index contributed by atoms with van der Waals surface area (Å²) < 4.78 is 0. The zero-order chi connectivity index (χ0) is 14.5. The van der Waals surface area contributed by atoms with E-state index in [1.54, 1.807) is 0 Å². The third kappa shape index (κ3) is 3.92. The van der Waals surface area contributed by atoms with Gasteiger partial charge < -0.3 is 11.1 Å². The largest absolute Gasteiger partial charge is 0.370 e. The van der Waals surface area contributed by atoms with Gasteiger partial charge in [-0.3, -0.25) is 4.79 Å². The summed E-state index contributed by atoms with van der Waals surface area (Å²) in [5, 5.41) is 3.41. The molecule has 110 valence electrons. The highest BCUT2D eigenvalue weighted by molar-refractivity contribution is 5.76. The number of anilines is 1. The van der Waals surface area contributed by atoms with Gasteiger partial charge in [0.1, 0.15) is 11.6 Å². The predicted molar refractivity (Wildman–Crippen MR) is 79.3 cm³/mol. The zero-order valence-electron chi connectivity index (χ0n) is 12.4. The van der Waals surface area contributed by atoms with Gasteiger partial charge in [-0.25, -0.2) is 9.97 Å². The molecule has 0 aliphatic heterocycles. The van der Waals surface area contributed by atoms with Crippen molar-refractivity contribution >= 4 is 11.7 Å². The van der Waals surface area contributed by atoms with Crippen molar-refractivity contribution in [2.24, 2.45) is 17.6 Å². The molecule has 1 aromatic rings. The topological polar surface area (TPSA) is 80.9 Å². The molecule has 0 radical (unpaired) electrons. The van der Waals surface area contributed by atoms with Crippen LogP contribution in [-0.4, -0.2) is 22.4 Å². The van der Waals surface area contributed by atoms with Crippen molar-refractivity contribution in [3.63, 3.8) is 0 Å². The Balaban J connectivity index is 1.84. The Morgan fingerprint density at radius 3 is 2.65 bits per heavy atom. The summed E-state index contributed by atoms with van der Waals surface area (Å²) in [6.45, 7) is 4.92. The molecular weight excluding hydrogens is 252 g/mol. The Kier molecular flexibility index (Phi) is 4.93. The molecule has 1 saturated carbocycles. The molecule has 1 aliphatic rings. The predicted octanol–water partition coefficient (Wildman–Crippen LogP) is 2.05. The minimum Gasteiger partial charge on any atom is -0.370 e. The summed E-state index contributed by atoms with van der Waals surface area (Å²) >= 11 is 0. The van der Waals surface area contributed by atoms with Gasteiger partial charge in [-0.1, -0.05) is 6.92 Å². The van der Waals surface area contributed by atoms with Crippen LogP contribution in [0.25, 0.3) is 0 Å². The van der Waals surface area contributed by atoms with Crippen LogP contribution < -0.4 is 11.1 Å². The number of aromatic nitrogens is 2. The Hall–Kier alpha value is -1.65. The van der Waals surface area contributed by atoms with Crippen molar-refractivity contribution in [2.45, 2.75) is 46.0 Å². The molecule has 0 atom stereocenters. The van der Waals surface area contributed by atoms with Gasteiger partial charge in [0.05, 0.1) is 0 Å². The van der Waals surface area contributed by atoms with Crippen LogP contribution in [0.2, 0.25) is 0 Å². The lowest BCUT2D eigenvalue weighted by Gasteiger charge is -2.26. The molecule has 1 heterocycles. The van der Waals surface area contributed by atoms with Crippen LogP contribution in [0.3, 0.4) is 0 Å². The fraction of sp³-hybridized carbons (Fsp3) is 0.667. The number of primary amides is 1. The number of aryl methyl sites for hydroxylation is 2. The van der Waals surface area contributed by atoms with E-state index in [9.17, 15) is 4.79 Å². The molecule has 0 aromatic carbocycles. The number of rotatable bonds is 5. The van der Waals surface area contributed by atoms with Gasteiger partial charge in [-0.05, 0) is 44.9 Å². The Bertz CT molecular complexity index is 467. The van der Waals surface area contributed by atoms with E-state index in [1.165, 1.54) is 0 Å². The molecule has 20 heavy (non-hydrogen) atoms. The maximum Gasteiger partial charge on any atom is 0.220 e. The van der Waals surface area contributed by atoms with Gasteiger partial charge in [0, 0.05) is 24.2 Å². The van der Waals surface area contributed by atoms with Crippen LogP contribution >= 0.6 is 0 Å². The van der Waals surface area contributed by atoms with Crippen molar-refractivity contribution in [1.29, 1.82) is 0 Å². The van der Waals surface area contributed by atoms with Gasteiger partial charge in [-0.15, -0.1) is 0 Å². The third-order valence-corrected chi connectivity index (χ3v) is 4.07. The van der Waals surface area contributed by atoms with Crippen LogP contribution in [0.1, 0.15) is 44.1 Å². The lowest BCUT2D eigenvalue weighted by atomic mass is 9.81. The second-order valence-corrected chi connectivity index (χ2v) is 5.65. The minimum absolute atomic E-state index is 0.0826. The lowest BCUT2D eigenvalue weighted by molar-refractivity contribution is -0.122. The summed E-state index contributed by atoms with van der Waals surface area (Å²) in [6.07, 6.45) is 4.88. The summed E-state index contributed by atoms with van der Waals surface area (Å²) in [5.74, 6) is 2.26. The van der Waals surface area contributed by atoms with Crippen LogP contribution in [0.4, 0.5) is 5.82 Å². The highest BCUT2D eigenvalue weighted by Crippen LogP contribution is 2.28. The van der Waals surface area contributed by atoms with E-state index in [-0.39, 0.29) is 11.8 Å². The molecule has 5 nitrogen and oxygen atoms in total. The molecule has 2 rings (SSSR count).